The summed E-state index contributed by atoms with van der Waals surface area (Å²) in [6, 6.07) is 0. The van der Waals surface area contributed by atoms with Gasteiger partial charge < -0.3 is 5.11 Å². The molecule has 2 nitrogen and oxygen atoms in total. The second-order valence-corrected chi connectivity index (χ2v) is 7.53. The molecule has 0 aliphatic rings. The summed E-state index contributed by atoms with van der Waals surface area (Å²) in [5.41, 5.74) is 0. The van der Waals surface area contributed by atoms with E-state index in [-0.39, 0.29) is 17.7 Å². The van der Waals surface area contributed by atoms with E-state index in [0.29, 0.717) is 6.61 Å². The zero-order valence-electron chi connectivity index (χ0n) is 13.3. The minimum atomic E-state index is -1.67. The van der Waals surface area contributed by atoms with E-state index in [2.05, 4.69) is 35.2 Å². The van der Waals surface area contributed by atoms with Gasteiger partial charge in [-0.05, 0) is 12.8 Å². The molecule has 0 unspecified atom stereocenters. The highest BCUT2D eigenvalue weighted by Gasteiger charge is 1.81. The van der Waals surface area contributed by atoms with Crippen LogP contribution < -0.4 is 0 Å². The lowest BCUT2D eigenvalue weighted by atomic mass is 10.2. The smallest absolute Gasteiger partial charge is 0.211 e. The van der Waals surface area contributed by atoms with Crippen LogP contribution in [0.5, 0.6) is 0 Å². The molecule has 0 atom stereocenters. The Bertz CT molecular complexity index is 145. The standard InChI is InChI=1S/C6H13Cl.C6H14O.CH2Cl2.Cl2OS.ClH/c2*1-2-3-4-5-6-7;2-1-3;1-4(2)3;/h2-6H2,1H3;7H,2-6H2,1H3;1H2;;1H. The number of rotatable bonds is 8. The molecule has 0 aromatic rings. The second-order valence-electron chi connectivity index (χ2n) is 3.82. The number of hydrogen-bond donors (Lipinski definition) is 1. The van der Waals surface area contributed by atoms with Gasteiger partial charge in [-0.2, -0.15) is 0 Å². The Labute approximate surface area is 169 Å². The number of hydrogen-bond acceptors (Lipinski definition) is 2. The minimum Gasteiger partial charge on any atom is -0.396 e. The molecular weight excluding hydrogens is 433 g/mol. The molecule has 0 heterocycles. The van der Waals surface area contributed by atoms with Gasteiger partial charge in [0.25, 0.3) is 0 Å². The molecule has 0 aliphatic heterocycles. The van der Waals surface area contributed by atoms with Crippen LogP contribution in [0.2, 0.25) is 0 Å². The van der Waals surface area contributed by atoms with Crippen molar-refractivity contribution >= 4 is 77.8 Å². The predicted octanol–water partition coefficient (Wildman–Crippen LogP) is 7.25. The maximum Gasteiger partial charge on any atom is 0.211 e. The number of aliphatic hydroxyl groups excluding tert-OH is 1. The van der Waals surface area contributed by atoms with Crippen LogP contribution in [0.1, 0.15) is 65.2 Å². The summed E-state index contributed by atoms with van der Waals surface area (Å²) in [7, 11) is 7.36. The normalized spacial score (nSPS) is 8.41. The van der Waals surface area contributed by atoms with Gasteiger partial charge in [0.2, 0.25) is 9.23 Å². The molecule has 0 fully saturated rings. The lowest BCUT2D eigenvalue weighted by Crippen LogP contribution is -1.80. The van der Waals surface area contributed by atoms with Crippen molar-refractivity contribution in [2.24, 2.45) is 0 Å². The highest BCUT2D eigenvalue weighted by molar-refractivity contribution is 8.26. The zero-order valence-corrected chi connectivity index (χ0v) is 18.8. The Balaban J connectivity index is -0.0000000607. The first-order chi connectivity index (χ1) is 9.97. The molecule has 1 N–H and O–H groups in total. The fourth-order valence-corrected chi connectivity index (χ4v) is 1.25. The monoisotopic (exact) mass is 460 g/mol. The molecule has 0 spiro atoms. The lowest BCUT2D eigenvalue weighted by Gasteiger charge is -1.90. The molecule has 0 aliphatic carbocycles. The quantitative estimate of drug-likeness (QED) is 0.234. The minimum absolute atomic E-state index is 0. The lowest BCUT2D eigenvalue weighted by molar-refractivity contribution is 0.283. The van der Waals surface area contributed by atoms with Gasteiger partial charge in [0.15, 0.2) is 0 Å². The van der Waals surface area contributed by atoms with Crippen LogP contribution in [0.3, 0.4) is 0 Å². The average Bonchev–Trinajstić information content (AvgIpc) is 2.41. The van der Waals surface area contributed by atoms with E-state index in [4.69, 9.17) is 44.1 Å². The first-order valence-corrected chi connectivity index (χ1v) is 11.4. The highest BCUT2D eigenvalue weighted by Crippen LogP contribution is 1.98. The molecule has 0 bridgehead atoms. The van der Waals surface area contributed by atoms with Gasteiger partial charge >= 0.3 is 0 Å². The van der Waals surface area contributed by atoms with Crippen molar-refractivity contribution < 1.29 is 9.32 Å². The molecule has 142 valence electrons. The van der Waals surface area contributed by atoms with Gasteiger partial charge in [-0.25, -0.2) is 4.21 Å². The van der Waals surface area contributed by atoms with E-state index in [1.165, 1.54) is 44.9 Å². The van der Waals surface area contributed by atoms with Crippen LogP contribution in [-0.2, 0) is 9.23 Å². The molecule has 0 saturated heterocycles. The van der Waals surface area contributed by atoms with Gasteiger partial charge in [0.05, 0.1) is 5.34 Å². The van der Waals surface area contributed by atoms with E-state index >= 15 is 0 Å². The van der Waals surface area contributed by atoms with Crippen LogP contribution in [0.4, 0.5) is 0 Å². The molecule has 0 saturated carbocycles. The van der Waals surface area contributed by atoms with E-state index in [0.717, 1.165) is 12.3 Å². The zero-order chi connectivity index (χ0) is 17.4. The summed E-state index contributed by atoms with van der Waals surface area (Å²) < 4.78 is 9.09. The first kappa shape index (κ1) is 35.0. The average molecular weight is 463 g/mol. The fourth-order valence-electron chi connectivity index (χ4n) is 1.06. The number of unbranched alkanes of at least 4 members (excludes halogenated alkanes) is 6. The van der Waals surface area contributed by atoms with Crippen LogP contribution in [0.25, 0.3) is 0 Å². The fraction of sp³-hybridized carbons (Fsp3) is 1.00. The van der Waals surface area contributed by atoms with Crippen molar-refractivity contribution in [1.29, 1.82) is 0 Å². The third-order valence-electron chi connectivity index (χ3n) is 2.00. The van der Waals surface area contributed by atoms with Crippen LogP contribution in [0.15, 0.2) is 0 Å². The van der Waals surface area contributed by atoms with Crippen molar-refractivity contribution in [2.75, 3.05) is 17.8 Å². The van der Waals surface area contributed by atoms with Gasteiger partial charge in [-0.15, -0.1) is 47.2 Å². The van der Waals surface area contributed by atoms with E-state index in [1.807, 2.05) is 0 Å². The second kappa shape index (κ2) is 43.4. The van der Waals surface area contributed by atoms with Gasteiger partial charge in [-0.1, -0.05) is 52.4 Å². The van der Waals surface area contributed by atoms with Gasteiger partial charge in [-0.3, -0.25) is 0 Å². The van der Waals surface area contributed by atoms with Crippen LogP contribution in [-0.4, -0.2) is 27.1 Å². The Hall–Kier alpha value is 1.85. The molecule has 22 heavy (non-hydrogen) atoms. The highest BCUT2D eigenvalue weighted by atomic mass is 36.0. The van der Waals surface area contributed by atoms with Crippen molar-refractivity contribution in [3.05, 3.63) is 0 Å². The molecular formula is C13H30Cl6O2S. The number of alkyl halides is 3. The summed E-state index contributed by atoms with van der Waals surface area (Å²) in [4.78, 5) is 0. The maximum atomic E-state index is 9.09. The van der Waals surface area contributed by atoms with Crippen LogP contribution in [0, 0.1) is 0 Å². The third-order valence-corrected chi connectivity index (χ3v) is 2.27. The molecule has 0 aromatic carbocycles. The van der Waals surface area contributed by atoms with Crippen LogP contribution >= 0.6 is 68.6 Å². The molecule has 0 aromatic heterocycles. The Morgan fingerprint density at radius 3 is 1.36 bits per heavy atom. The van der Waals surface area contributed by atoms with Crippen molar-refractivity contribution in [2.45, 2.75) is 65.2 Å². The first-order valence-electron chi connectivity index (χ1n) is 7.01. The van der Waals surface area contributed by atoms with Crippen molar-refractivity contribution in [1.82, 2.24) is 0 Å². The number of aliphatic hydroxyl groups is 1. The molecule has 9 heteroatoms. The van der Waals surface area contributed by atoms with E-state index in [9.17, 15) is 0 Å². The molecule has 0 amide bonds. The predicted molar refractivity (Wildman–Crippen MR) is 110 cm³/mol. The third kappa shape index (κ3) is 97.9. The largest absolute Gasteiger partial charge is 0.396 e. The van der Waals surface area contributed by atoms with E-state index in [1.54, 1.807) is 0 Å². The number of halogens is 6. The Morgan fingerprint density at radius 2 is 1.14 bits per heavy atom. The Kier molecular flexibility index (Phi) is 69.2. The molecule has 0 radical (unpaired) electrons. The summed E-state index contributed by atoms with van der Waals surface area (Å²) in [6.07, 6.45) is 9.82. The topological polar surface area (TPSA) is 37.3 Å². The Morgan fingerprint density at radius 1 is 0.818 bits per heavy atom. The molecule has 0 rings (SSSR count). The van der Waals surface area contributed by atoms with Gasteiger partial charge in [0, 0.05) is 33.9 Å². The van der Waals surface area contributed by atoms with Gasteiger partial charge in [0.1, 0.15) is 0 Å². The summed E-state index contributed by atoms with van der Waals surface area (Å²) in [6.45, 7) is 4.73. The maximum absolute atomic E-state index is 9.09. The van der Waals surface area contributed by atoms with E-state index < -0.39 is 9.23 Å². The van der Waals surface area contributed by atoms with Crippen molar-refractivity contribution in [3.63, 3.8) is 0 Å². The summed E-state index contributed by atoms with van der Waals surface area (Å²) in [5.74, 6) is 0.833. The summed E-state index contributed by atoms with van der Waals surface area (Å²) >= 11 is 15.0. The SMILES string of the molecule is CCCCCCCl.CCCCCCO.Cl.ClCCl.O=S(Cl)Cl. The van der Waals surface area contributed by atoms with Crippen molar-refractivity contribution in [3.8, 4) is 0 Å². The summed E-state index contributed by atoms with van der Waals surface area (Å²) in [5, 5.41) is 8.49.